The van der Waals surface area contributed by atoms with Crippen LogP contribution in [-0.2, 0) is 0 Å². The minimum atomic E-state index is 0.478. The largest absolute Gasteiger partial charge is 0.496 e. The molecule has 0 amide bonds. The second-order valence-electron chi connectivity index (χ2n) is 6.25. The molecule has 0 aromatic heterocycles. The van der Waals surface area contributed by atoms with Crippen molar-refractivity contribution in [3.05, 3.63) is 29.3 Å². The quantitative estimate of drug-likeness (QED) is 0.867. The lowest BCUT2D eigenvalue weighted by atomic mass is 9.93. The Kier molecular flexibility index (Phi) is 6.07. The van der Waals surface area contributed by atoms with Gasteiger partial charge in [-0.3, -0.25) is 4.90 Å². The van der Waals surface area contributed by atoms with Crippen LogP contribution in [0.25, 0.3) is 0 Å². The number of nitrogens with one attached hydrogen (secondary N) is 1. The Bertz CT molecular complexity index is 439. The zero-order chi connectivity index (χ0) is 15.2. The zero-order valence-electron chi connectivity index (χ0n) is 14.0. The summed E-state index contributed by atoms with van der Waals surface area (Å²) in [6.45, 7) is 11.2. The van der Waals surface area contributed by atoms with E-state index in [2.05, 4.69) is 49.2 Å². The van der Waals surface area contributed by atoms with Crippen molar-refractivity contribution in [1.29, 1.82) is 0 Å². The summed E-state index contributed by atoms with van der Waals surface area (Å²) in [6.07, 6.45) is 2.39. The molecular formula is C18H30N2O. The molecule has 3 heteroatoms. The van der Waals surface area contributed by atoms with Gasteiger partial charge in [-0.15, -0.1) is 0 Å². The third kappa shape index (κ3) is 3.98. The maximum atomic E-state index is 5.66. The second kappa shape index (κ2) is 7.81. The molecule has 1 saturated heterocycles. The number of hydrogen-bond donors (Lipinski definition) is 1. The number of methoxy groups -OCH3 is 1. The fourth-order valence-electron chi connectivity index (χ4n) is 3.17. The Morgan fingerprint density at radius 1 is 1.24 bits per heavy atom. The number of benzene rings is 1. The van der Waals surface area contributed by atoms with Gasteiger partial charge in [-0.25, -0.2) is 0 Å². The van der Waals surface area contributed by atoms with Gasteiger partial charge in [0.1, 0.15) is 5.75 Å². The van der Waals surface area contributed by atoms with Crippen molar-refractivity contribution in [2.24, 2.45) is 0 Å². The molecule has 1 N–H and O–H groups in total. The highest BCUT2D eigenvalue weighted by atomic mass is 16.5. The fourth-order valence-corrected chi connectivity index (χ4v) is 3.17. The van der Waals surface area contributed by atoms with Crippen LogP contribution in [0.3, 0.4) is 0 Å². The minimum absolute atomic E-state index is 0.478. The van der Waals surface area contributed by atoms with E-state index in [0.29, 0.717) is 12.0 Å². The van der Waals surface area contributed by atoms with Crippen LogP contribution in [0.5, 0.6) is 5.75 Å². The smallest absolute Gasteiger partial charge is 0.123 e. The van der Waals surface area contributed by atoms with Gasteiger partial charge < -0.3 is 10.1 Å². The molecule has 3 nitrogen and oxygen atoms in total. The molecule has 0 saturated carbocycles. The molecule has 0 spiro atoms. The fraction of sp³-hybridized carbons (Fsp3) is 0.667. The molecule has 21 heavy (non-hydrogen) atoms. The Hall–Kier alpha value is -1.06. The van der Waals surface area contributed by atoms with E-state index in [9.17, 15) is 0 Å². The average Bonchev–Trinajstić information content (AvgIpc) is 2.52. The van der Waals surface area contributed by atoms with Crippen molar-refractivity contribution in [3.63, 3.8) is 0 Å². The number of piperazine rings is 1. The molecule has 1 aromatic rings. The topological polar surface area (TPSA) is 24.5 Å². The monoisotopic (exact) mass is 290 g/mol. The molecule has 1 aliphatic heterocycles. The van der Waals surface area contributed by atoms with Crippen molar-refractivity contribution >= 4 is 0 Å². The standard InChI is InChI=1S/C18H30N2O/c1-5-6-17(20-11-9-19-10-12-20)16-13-15(14(2)3)7-8-18(16)21-4/h7-8,13-14,17,19H,5-6,9-12H2,1-4H3/t17-/m1/s1. The molecule has 1 atom stereocenters. The van der Waals surface area contributed by atoms with Crippen molar-refractivity contribution < 1.29 is 4.74 Å². The molecular weight excluding hydrogens is 260 g/mol. The van der Waals surface area contributed by atoms with Crippen LogP contribution in [0.4, 0.5) is 0 Å². The molecule has 0 radical (unpaired) electrons. The van der Waals surface area contributed by atoms with Gasteiger partial charge in [-0.2, -0.15) is 0 Å². The van der Waals surface area contributed by atoms with Crippen LogP contribution in [0.15, 0.2) is 18.2 Å². The lowest BCUT2D eigenvalue weighted by Crippen LogP contribution is -2.45. The molecule has 0 bridgehead atoms. The normalized spacial score (nSPS) is 18.0. The Morgan fingerprint density at radius 2 is 1.95 bits per heavy atom. The van der Waals surface area contributed by atoms with Crippen LogP contribution in [0, 0.1) is 0 Å². The summed E-state index contributed by atoms with van der Waals surface area (Å²) < 4.78 is 5.66. The average molecular weight is 290 g/mol. The summed E-state index contributed by atoms with van der Waals surface area (Å²) in [4.78, 5) is 2.61. The second-order valence-corrected chi connectivity index (χ2v) is 6.25. The first-order chi connectivity index (χ1) is 10.2. The van der Waals surface area contributed by atoms with E-state index in [4.69, 9.17) is 4.74 Å². The number of nitrogens with zero attached hydrogens (tertiary/aromatic N) is 1. The van der Waals surface area contributed by atoms with Crippen LogP contribution in [-0.4, -0.2) is 38.2 Å². The van der Waals surface area contributed by atoms with E-state index < -0.39 is 0 Å². The third-order valence-corrected chi connectivity index (χ3v) is 4.43. The first-order valence-corrected chi connectivity index (χ1v) is 8.30. The molecule has 1 fully saturated rings. The summed E-state index contributed by atoms with van der Waals surface area (Å²) in [5.41, 5.74) is 2.77. The molecule has 118 valence electrons. The van der Waals surface area contributed by atoms with Crippen LogP contribution < -0.4 is 10.1 Å². The van der Waals surface area contributed by atoms with Crippen molar-refractivity contribution in [2.75, 3.05) is 33.3 Å². The first kappa shape index (κ1) is 16.3. The van der Waals surface area contributed by atoms with Gasteiger partial charge in [0, 0.05) is 37.8 Å². The van der Waals surface area contributed by atoms with E-state index in [1.165, 1.54) is 24.0 Å². The summed E-state index contributed by atoms with van der Waals surface area (Å²) in [5.74, 6) is 1.59. The molecule has 2 rings (SSSR count). The number of ether oxygens (including phenoxy) is 1. The summed E-state index contributed by atoms with van der Waals surface area (Å²) in [5, 5.41) is 3.45. The molecule has 0 unspecified atom stereocenters. The van der Waals surface area contributed by atoms with E-state index in [1.807, 2.05) is 0 Å². The third-order valence-electron chi connectivity index (χ3n) is 4.43. The van der Waals surface area contributed by atoms with Crippen LogP contribution in [0.1, 0.15) is 56.7 Å². The lowest BCUT2D eigenvalue weighted by molar-refractivity contribution is 0.162. The van der Waals surface area contributed by atoms with Gasteiger partial charge in [-0.1, -0.05) is 39.3 Å². The summed E-state index contributed by atoms with van der Waals surface area (Å²) in [7, 11) is 1.79. The minimum Gasteiger partial charge on any atom is -0.496 e. The number of rotatable bonds is 6. The van der Waals surface area contributed by atoms with Gasteiger partial charge in [0.15, 0.2) is 0 Å². The maximum absolute atomic E-state index is 5.66. The van der Waals surface area contributed by atoms with Gasteiger partial charge in [0.25, 0.3) is 0 Å². The predicted octanol–water partition coefficient (Wildman–Crippen LogP) is 3.57. The summed E-state index contributed by atoms with van der Waals surface area (Å²) >= 11 is 0. The maximum Gasteiger partial charge on any atom is 0.123 e. The molecule has 1 heterocycles. The number of hydrogen-bond acceptors (Lipinski definition) is 3. The van der Waals surface area contributed by atoms with Crippen LogP contribution >= 0.6 is 0 Å². The Morgan fingerprint density at radius 3 is 2.52 bits per heavy atom. The SMILES string of the molecule is CCC[C@H](c1cc(C(C)C)ccc1OC)N1CCNCC1. The van der Waals surface area contributed by atoms with Gasteiger partial charge in [0.05, 0.1) is 7.11 Å². The van der Waals surface area contributed by atoms with E-state index in [1.54, 1.807) is 7.11 Å². The highest BCUT2D eigenvalue weighted by molar-refractivity contribution is 5.40. The van der Waals surface area contributed by atoms with E-state index in [0.717, 1.165) is 31.9 Å². The molecule has 1 aliphatic rings. The molecule has 0 aliphatic carbocycles. The van der Waals surface area contributed by atoms with Gasteiger partial charge >= 0.3 is 0 Å². The zero-order valence-corrected chi connectivity index (χ0v) is 14.0. The highest BCUT2D eigenvalue weighted by Gasteiger charge is 2.24. The summed E-state index contributed by atoms with van der Waals surface area (Å²) in [6, 6.07) is 7.19. The lowest BCUT2D eigenvalue weighted by Gasteiger charge is -2.36. The predicted molar refractivity (Wildman–Crippen MR) is 89.2 cm³/mol. The van der Waals surface area contributed by atoms with Crippen molar-refractivity contribution in [2.45, 2.75) is 45.6 Å². The Labute approximate surface area is 129 Å². The van der Waals surface area contributed by atoms with Gasteiger partial charge in [-0.05, 0) is 24.0 Å². The highest BCUT2D eigenvalue weighted by Crippen LogP contribution is 2.35. The van der Waals surface area contributed by atoms with E-state index >= 15 is 0 Å². The van der Waals surface area contributed by atoms with Crippen molar-refractivity contribution in [3.8, 4) is 5.75 Å². The van der Waals surface area contributed by atoms with Gasteiger partial charge in [0.2, 0.25) is 0 Å². The van der Waals surface area contributed by atoms with Crippen LogP contribution in [0.2, 0.25) is 0 Å². The Balaban J connectivity index is 2.34. The van der Waals surface area contributed by atoms with Crippen molar-refractivity contribution in [1.82, 2.24) is 10.2 Å². The van der Waals surface area contributed by atoms with E-state index in [-0.39, 0.29) is 0 Å². The first-order valence-electron chi connectivity index (χ1n) is 8.30. The molecule has 1 aromatic carbocycles.